The van der Waals surface area contributed by atoms with Crippen LogP contribution < -0.4 is 5.32 Å². The fourth-order valence-corrected chi connectivity index (χ4v) is 2.33. The SMILES string of the molecule is CCCNCC(C)N1CCCCCCC1. The quantitative estimate of drug-likeness (QED) is 0.705. The highest BCUT2D eigenvalue weighted by Gasteiger charge is 2.13. The Labute approximate surface area is 95.4 Å². The molecule has 1 aliphatic rings. The van der Waals surface area contributed by atoms with Crippen molar-refractivity contribution in [2.45, 2.75) is 58.4 Å². The molecule has 0 spiro atoms. The highest BCUT2D eigenvalue weighted by molar-refractivity contribution is 4.71. The molecule has 0 aromatic carbocycles. The predicted molar refractivity (Wildman–Crippen MR) is 67.3 cm³/mol. The molecule has 1 rings (SSSR count). The molecular weight excluding hydrogens is 184 g/mol. The first-order valence-corrected chi connectivity index (χ1v) is 6.79. The second kappa shape index (κ2) is 8.12. The molecule has 0 aromatic rings. The minimum atomic E-state index is 0.717. The standard InChI is InChI=1S/C13H28N2/c1-3-9-14-12-13(2)15-10-7-5-4-6-8-11-15/h13-14H,3-12H2,1-2H3. The van der Waals surface area contributed by atoms with Gasteiger partial charge in [0, 0.05) is 12.6 Å². The lowest BCUT2D eigenvalue weighted by atomic mass is 10.1. The van der Waals surface area contributed by atoms with Crippen LogP contribution in [0.15, 0.2) is 0 Å². The van der Waals surface area contributed by atoms with Crippen LogP contribution in [0.5, 0.6) is 0 Å². The van der Waals surface area contributed by atoms with E-state index in [1.54, 1.807) is 0 Å². The second-order valence-electron chi connectivity index (χ2n) is 4.86. The summed E-state index contributed by atoms with van der Waals surface area (Å²) < 4.78 is 0. The number of likely N-dealkylation sites (tertiary alicyclic amines) is 1. The maximum Gasteiger partial charge on any atom is 0.0192 e. The number of hydrogen-bond acceptors (Lipinski definition) is 2. The summed E-state index contributed by atoms with van der Waals surface area (Å²) in [6, 6.07) is 0.717. The van der Waals surface area contributed by atoms with E-state index in [0.717, 1.165) is 19.1 Å². The first kappa shape index (κ1) is 13.0. The van der Waals surface area contributed by atoms with Gasteiger partial charge in [-0.25, -0.2) is 0 Å². The van der Waals surface area contributed by atoms with E-state index >= 15 is 0 Å². The summed E-state index contributed by atoms with van der Waals surface area (Å²) >= 11 is 0. The smallest absolute Gasteiger partial charge is 0.0192 e. The van der Waals surface area contributed by atoms with Gasteiger partial charge in [-0.15, -0.1) is 0 Å². The van der Waals surface area contributed by atoms with Crippen molar-refractivity contribution < 1.29 is 0 Å². The van der Waals surface area contributed by atoms with E-state index in [2.05, 4.69) is 24.1 Å². The molecule has 0 aliphatic carbocycles. The van der Waals surface area contributed by atoms with Gasteiger partial charge < -0.3 is 5.32 Å². The third-order valence-electron chi connectivity index (χ3n) is 3.38. The summed E-state index contributed by atoms with van der Waals surface area (Å²) in [6.07, 6.45) is 8.37. The Morgan fingerprint density at radius 2 is 1.67 bits per heavy atom. The van der Waals surface area contributed by atoms with E-state index in [1.807, 2.05) is 0 Å². The van der Waals surface area contributed by atoms with Gasteiger partial charge >= 0.3 is 0 Å². The summed E-state index contributed by atoms with van der Waals surface area (Å²) in [7, 11) is 0. The van der Waals surface area contributed by atoms with Crippen molar-refractivity contribution in [1.82, 2.24) is 10.2 Å². The highest BCUT2D eigenvalue weighted by atomic mass is 15.2. The lowest BCUT2D eigenvalue weighted by Crippen LogP contribution is -2.42. The predicted octanol–water partition coefficient (Wildman–Crippen LogP) is 2.64. The molecule has 90 valence electrons. The maximum absolute atomic E-state index is 3.53. The van der Waals surface area contributed by atoms with Crippen molar-refractivity contribution in [2.24, 2.45) is 0 Å². The van der Waals surface area contributed by atoms with Crippen molar-refractivity contribution in [2.75, 3.05) is 26.2 Å². The third kappa shape index (κ3) is 5.53. The molecule has 1 aliphatic heterocycles. The zero-order valence-corrected chi connectivity index (χ0v) is 10.6. The molecule has 0 bridgehead atoms. The monoisotopic (exact) mass is 212 g/mol. The molecule has 1 unspecified atom stereocenters. The number of nitrogens with zero attached hydrogens (tertiary/aromatic N) is 1. The molecule has 2 nitrogen and oxygen atoms in total. The van der Waals surface area contributed by atoms with Crippen LogP contribution in [0.3, 0.4) is 0 Å². The van der Waals surface area contributed by atoms with Crippen LogP contribution in [0.2, 0.25) is 0 Å². The molecule has 1 atom stereocenters. The summed E-state index contributed by atoms with van der Waals surface area (Å²) in [5.41, 5.74) is 0. The zero-order valence-electron chi connectivity index (χ0n) is 10.6. The van der Waals surface area contributed by atoms with E-state index < -0.39 is 0 Å². The minimum Gasteiger partial charge on any atom is -0.315 e. The van der Waals surface area contributed by atoms with Crippen LogP contribution in [0.4, 0.5) is 0 Å². The van der Waals surface area contributed by atoms with Gasteiger partial charge in [-0.05, 0) is 45.8 Å². The molecule has 1 fully saturated rings. The average Bonchev–Trinajstić information content (AvgIpc) is 2.17. The summed E-state index contributed by atoms with van der Waals surface area (Å²) in [5.74, 6) is 0. The van der Waals surface area contributed by atoms with Gasteiger partial charge in [0.1, 0.15) is 0 Å². The number of hydrogen-bond donors (Lipinski definition) is 1. The van der Waals surface area contributed by atoms with Gasteiger partial charge in [0.05, 0.1) is 0 Å². The molecule has 2 heteroatoms. The first-order chi connectivity index (χ1) is 7.34. The lowest BCUT2D eigenvalue weighted by Gasteiger charge is -2.30. The normalized spacial score (nSPS) is 22.0. The Morgan fingerprint density at radius 1 is 1.07 bits per heavy atom. The van der Waals surface area contributed by atoms with Gasteiger partial charge in [-0.3, -0.25) is 4.90 Å². The fraction of sp³-hybridized carbons (Fsp3) is 1.00. The second-order valence-corrected chi connectivity index (χ2v) is 4.86. The van der Waals surface area contributed by atoms with Crippen molar-refractivity contribution in [3.05, 3.63) is 0 Å². The van der Waals surface area contributed by atoms with Crippen LogP contribution in [0, 0.1) is 0 Å². The lowest BCUT2D eigenvalue weighted by molar-refractivity contribution is 0.187. The molecular formula is C13H28N2. The molecule has 15 heavy (non-hydrogen) atoms. The maximum atomic E-state index is 3.53. The molecule has 0 aromatic heterocycles. The molecule has 0 radical (unpaired) electrons. The van der Waals surface area contributed by atoms with E-state index in [0.29, 0.717) is 0 Å². The molecule has 0 amide bonds. The van der Waals surface area contributed by atoms with Crippen molar-refractivity contribution in [1.29, 1.82) is 0 Å². The Hall–Kier alpha value is -0.0800. The van der Waals surface area contributed by atoms with Crippen LogP contribution in [-0.2, 0) is 0 Å². The van der Waals surface area contributed by atoms with E-state index in [-0.39, 0.29) is 0 Å². The average molecular weight is 212 g/mol. The summed E-state index contributed by atoms with van der Waals surface area (Å²) in [6.45, 7) is 9.55. The molecule has 0 saturated carbocycles. The first-order valence-electron chi connectivity index (χ1n) is 6.79. The topological polar surface area (TPSA) is 15.3 Å². The number of nitrogens with one attached hydrogen (secondary N) is 1. The number of rotatable bonds is 5. The van der Waals surface area contributed by atoms with E-state index in [4.69, 9.17) is 0 Å². The molecule has 1 heterocycles. The minimum absolute atomic E-state index is 0.717. The largest absolute Gasteiger partial charge is 0.315 e. The Kier molecular flexibility index (Phi) is 7.03. The van der Waals surface area contributed by atoms with Crippen LogP contribution in [0.25, 0.3) is 0 Å². The zero-order chi connectivity index (χ0) is 10.9. The van der Waals surface area contributed by atoms with Crippen LogP contribution in [-0.4, -0.2) is 37.1 Å². The fourth-order valence-electron chi connectivity index (χ4n) is 2.33. The van der Waals surface area contributed by atoms with Gasteiger partial charge in [-0.1, -0.05) is 26.2 Å². The molecule has 1 N–H and O–H groups in total. The van der Waals surface area contributed by atoms with Crippen molar-refractivity contribution >= 4 is 0 Å². The summed E-state index contributed by atoms with van der Waals surface area (Å²) in [4.78, 5) is 2.67. The van der Waals surface area contributed by atoms with E-state index in [1.165, 1.54) is 51.6 Å². The van der Waals surface area contributed by atoms with Gasteiger partial charge in [-0.2, -0.15) is 0 Å². The van der Waals surface area contributed by atoms with Crippen LogP contribution in [0.1, 0.15) is 52.4 Å². The Morgan fingerprint density at radius 3 is 2.27 bits per heavy atom. The van der Waals surface area contributed by atoms with Gasteiger partial charge in [0.2, 0.25) is 0 Å². The Balaban J connectivity index is 2.19. The van der Waals surface area contributed by atoms with Crippen molar-refractivity contribution in [3.8, 4) is 0 Å². The summed E-state index contributed by atoms with van der Waals surface area (Å²) in [5, 5.41) is 3.53. The van der Waals surface area contributed by atoms with E-state index in [9.17, 15) is 0 Å². The van der Waals surface area contributed by atoms with Crippen LogP contribution >= 0.6 is 0 Å². The van der Waals surface area contributed by atoms with Crippen molar-refractivity contribution in [3.63, 3.8) is 0 Å². The highest BCUT2D eigenvalue weighted by Crippen LogP contribution is 2.12. The van der Waals surface area contributed by atoms with Gasteiger partial charge in [0.25, 0.3) is 0 Å². The van der Waals surface area contributed by atoms with Gasteiger partial charge in [0.15, 0.2) is 0 Å². The molecule has 1 saturated heterocycles. The third-order valence-corrected chi connectivity index (χ3v) is 3.38. The Bertz CT molecular complexity index is 139.